The fraction of sp³-hybridized carbons (Fsp3) is 0.471. The summed E-state index contributed by atoms with van der Waals surface area (Å²) in [7, 11) is 1.65. The van der Waals surface area contributed by atoms with E-state index in [1.54, 1.807) is 7.05 Å². The van der Waals surface area contributed by atoms with Gasteiger partial charge < -0.3 is 15.2 Å². The quantitative estimate of drug-likeness (QED) is 0.404. The highest BCUT2D eigenvalue weighted by Crippen LogP contribution is 2.19. The number of hydrogen-bond acceptors (Lipinski definition) is 3. The van der Waals surface area contributed by atoms with Crippen LogP contribution in [0, 0.1) is 24.5 Å². The van der Waals surface area contributed by atoms with Crippen LogP contribution in [0.4, 0.5) is 8.78 Å². The summed E-state index contributed by atoms with van der Waals surface area (Å²) in [6, 6.07) is 3.42. The third-order valence-electron chi connectivity index (χ3n) is 4.47. The van der Waals surface area contributed by atoms with Crippen molar-refractivity contribution in [2.45, 2.75) is 32.9 Å². The Kier molecular flexibility index (Phi) is 7.30. The standard InChI is InChI=1S/C17H22F2N6.HI/c1-11-23-24-16-6-3-12(10-25(11)16)8-21-17(20-2)22-9-13-7-14(18)4-5-15(13)19;/h4-5,7,12H,3,6,8-10H2,1-2H3,(H2,20,21,22);1H. The molecule has 1 aromatic carbocycles. The molecule has 0 radical (unpaired) electrons. The molecule has 2 heterocycles. The van der Waals surface area contributed by atoms with E-state index < -0.39 is 11.6 Å². The van der Waals surface area contributed by atoms with E-state index in [0.29, 0.717) is 11.9 Å². The summed E-state index contributed by atoms with van der Waals surface area (Å²) < 4.78 is 29.0. The van der Waals surface area contributed by atoms with E-state index in [4.69, 9.17) is 0 Å². The molecule has 6 nitrogen and oxygen atoms in total. The van der Waals surface area contributed by atoms with Gasteiger partial charge in [0.2, 0.25) is 0 Å². The average molecular weight is 476 g/mol. The molecular formula is C17H23F2IN6. The van der Waals surface area contributed by atoms with Crippen molar-refractivity contribution < 1.29 is 8.78 Å². The maximum atomic E-state index is 13.7. The van der Waals surface area contributed by atoms with Crippen LogP contribution in [0.25, 0.3) is 0 Å². The molecule has 0 fully saturated rings. The first kappa shape index (κ1) is 20.5. The number of halogens is 3. The molecule has 0 bridgehead atoms. The summed E-state index contributed by atoms with van der Waals surface area (Å²) in [6.45, 7) is 3.74. The number of nitrogens with zero attached hydrogens (tertiary/aromatic N) is 4. The Bertz CT molecular complexity index is 777. The summed E-state index contributed by atoms with van der Waals surface area (Å²) in [5.41, 5.74) is 0.269. The third kappa shape index (κ3) is 4.89. The molecular weight excluding hydrogens is 453 g/mol. The molecule has 0 saturated heterocycles. The van der Waals surface area contributed by atoms with Gasteiger partial charge in [0.1, 0.15) is 23.3 Å². The lowest BCUT2D eigenvalue weighted by atomic mass is 9.99. The van der Waals surface area contributed by atoms with E-state index >= 15 is 0 Å². The van der Waals surface area contributed by atoms with Gasteiger partial charge in [-0.2, -0.15) is 0 Å². The molecule has 1 aliphatic rings. The van der Waals surface area contributed by atoms with Crippen molar-refractivity contribution in [2.24, 2.45) is 10.9 Å². The van der Waals surface area contributed by atoms with Gasteiger partial charge >= 0.3 is 0 Å². The van der Waals surface area contributed by atoms with E-state index in [2.05, 4.69) is 30.4 Å². The lowest BCUT2D eigenvalue weighted by molar-refractivity contribution is 0.358. The Morgan fingerprint density at radius 1 is 1.31 bits per heavy atom. The molecule has 1 aromatic heterocycles. The number of rotatable bonds is 4. The first-order valence-electron chi connectivity index (χ1n) is 8.34. The molecule has 0 spiro atoms. The molecule has 0 amide bonds. The minimum Gasteiger partial charge on any atom is -0.356 e. The molecule has 1 unspecified atom stereocenters. The first-order valence-corrected chi connectivity index (χ1v) is 8.34. The summed E-state index contributed by atoms with van der Waals surface area (Å²) >= 11 is 0. The Morgan fingerprint density at radius 2 is 2.12 bits per heavy atom. The highest BCUT2D eigenvalue weighted by molar-refractivity contribution is 14.0. The van der Waals surface area contributed by atoms with Crippen LogP contribution in [-0.4, -0.2) is 34.3 Å². The largest absolute Gasteiger partial charge is 0.356 e. The summed E-state index contributed by atoms with van der Waals surface area (Å²) in [5.74, 6) is 2.08. The third-order valence-corrected chi connectivity index (χ3v) is 4.47. The lowest BCUT2D eigenvalue weighted by Crippen LogP contribution is -2.41. The summed E-state index contributed by atoms with van der Waals surface area (Å²) in [4.78, 5) is 4.14. The van der Waals surface area contributed by atoms with Crippen molar-refractivity contribution in [1.29, 1.82) is 0 Å². The molecule has 2 N–H and O–H groups in total. The first-order chi connectivity index (χ1) is 12.1. The number of guanidine groups is 1. The van der Waals surface area contributed by atoms with Crippen LogP contribution >= 0.6 is 24.0 Å². The number of benzene rings is 1. The number of aromatic nitrogens is 3. The zero-order valence-corrected chi connectivity index (χ0v) is 17.1. The maximum absolute atomic E-state index is 13.7. The number of fused-ring (bicyclic) bond motifs is 1. The van der Waals surface area contributed by atoms with Gasteiger partial charge in [0.15, 0.2) is 5.96 Å². The fourth-order valence-electron chi connectivity index (χ4n) is 3.02. The predicted octanol–water partition coefficient (Wildman–Crippen LogP) is 2.41. The average Bonchev–Trinajstić information content (AvgIpc) is 2.98. The second-order valence-corrected chi connectivity index (χ2v) is 6.22. The van der Waals surface area contributed by atoms with Gasteiger partial charge in [-0.15, -0.1) is 34.2 Å². The smallest absolute Gasteiger partial charge is 0.191 e. The maximum Gasteiger partial charge on any atom is 0.191 e. The Labute approximate surface area is 168 Å². The molecule has 9 heteroatoms. The molecule has 2 aromatic rings. The SMILES string of the molecule is CN=C(NCc1cc(F)ccc1F)NCC1CCc2nnc(C)n2C1.I. The molecule has 0 saturated carbocycles. The number of aryl methyl sites for hydroxylation is 2. The van der Waals surface area contributed by atoms with Gasteiger partial charge in [-0.3, -0.25) is 4.99 Å². The van der Waals surface area contributed by atoms with Crippen LogP contribution in [0.5, 0.6) is 0 Å². The topological polar surface area (TPSA) is 67.1 Å². The zero-order chi connectivity index (χ0) is 17.8. The Morgan fingerprint density at radius 3 is 2.88 bits per heavy atom. The molecule has 26 heavy (non-hydrogen) atoms. The van der Waals surface area contributed by atoms with Crippen molar-refractivity contribution in [3.63, 3.8) is 0 Å². The molecule has 1 atom stereocenters. The van der Waals surface area contributed by atoms with Crippen molar-refractivity contribution in [2.75, 3.05) is 13.6 Å². The van der Waals surface area contributed by atoms with Gasteiger partial charge in [-0.25, -0.2) is 8.78 Å². The minimum atomic E-state index is -0.455. The second kappa shape index (κ2) is 9.24. The lowest BCUT2D eigenvalue weighted by Gasteiger charge is -2.25. The van der Waals surface area contributed by atoms with E-state index in [1.165, 1.54) is 6.07 Å². The molecule has 0 aliphatic carbocycles. The van der Waals surface area contributed by atoms with Gasteiger partial charge in [0.25, 0.3) is 0 Å². The molecule has 1 aliphatic heterocycles. The van der Waals surface area contributed by atoms with Crippen LogP contribution in [0.2, 0.25) is 0 Å². The van der Waals surface area contributed by atoms with Crippen LogP contribution in [0.1, 0.15) is 23.6 Å². The van der Waals surface area contributed by atoms with Gasteiger partial charge in [0.05, 0.1) is 0 Å². The highest BCUT2D eigenvalue weighted by atomic mass is 127. The fourth-order valence-corrected chi connectivity index (χ4v) is 3.02. The van der Waals surface area contributed by atoms with Gasteiger partial charge in [-0.1, -0.05) is 0 Å². The van der Waals surface area contributed by atoms with Crippen molar-refractivity contribution in [3.8, 4) is 0 Å². The van der Waals surface area contributed by atoms with Crippen LogP contribution in [0.15, 0.2) is 23.2 Å². The van der Waals surface area contributed by atoms with Gasteiger partial charge in [0, 0.05) is 38.7 Å². The number of hydrogen-bond donors (Lipinski definition) is 2. The van der Waals surface area contributed by atoms with E-state index in [-0.39, 0.29) is 36.1 Å². The molecule has 142 valence electrons. The van der Waals surface area contributed by atoms with E-state index in [9.17, 15) is 8.78 Å². The van der Waals surface area contributed by atoms with Crippen LogP contribution in [0.3, 0.4) is 0 Å². The minimum absolute atomic E-state index is 0. The Hall–Kier alpha value is -1.78. The van der Waals surface area contributed by atoms with Crippen LogP contribution < -0.4 is 10.6 Å². The predicted molar refractivity (Wildman–Crippen MR) is 107 cm³/mol. The zero-order valence-electron chi connectivity index (χ0n) is 14.8. The van der Waals surface area contributed by atoms with Gasteiger partial charge in [-0.05, 0) is 37.5 Å². The molecule has 3 rings (SSSR count). The van der Waals surface area contributed by atoms with Crippen molar-refractivity contribution in [1.82, 2.24) is 25.4 Å². The van der Waals surface area contributed by atoms with Crippen LogP contribution in [-0.2, 0) is 19.5 Å². The van der Waals surface area contributed by atoms with Crippen molar-refractivity contribution >= 4 is 29.9 Å². The van der Waals surface area contributed by atoms with E-state index in [1.807, 2.05) is 6.92 Å². The van der Waals surface area contributed by atoms with E-state index in [0.717, 1.165) is 49.7 Å². The Balaban J connectivity index is 0.00000243. The summed E-state index contributed by atoms with van der Waals surface area (Å²) in [6.07, 6.45) is 1.94. The van der Waals surface area contributed by atoms with Crippen molar-refractivity contribution in [3.05, 3.63) is 47.0 Å². The normalized spacial score (nSPS) is 16.6. The highest BCUT2D eigenvalue weighted by Gasteiger charge is 2.21. The number of aliphatic imine (C=N–C) groups is 1. The summed E-state index contributed by atoms with van der Waals surface area (Å²) in [5, 5.41) is 14.6. The monoisotopic (exact) mass is 476 g/mol. The number of nitrogens with one attached hydrogen (secondary N) is 2. The second-order valence-electron chi connectivity index (χ2n) is 6.22.